The number of benzene rings is 2. The number of pyridine rings is 1. The van der Waals surface area contributed by atoms with E-state index in [0.717, 1.165) is 17.5 Å². The van der Waals surface area contributed by atoms with Crippen LogP contribution >= 0.6 is 0 Å². The van der Waals surface area contributed by atoms with Gasteiger partial charge >= 0.3 is 0 Å². The van der Waals surface area contributed by atoms with Gasteiger partial charge in [0.25, 0.3) is 0 Å². The number of nitrogens with one attached hydrogen (secondary N) is 1. The van der Waals surface area contributed by atoms with E-state index in [9.17, 15) is 18.4 Å². The minimum absolute atomic E-state index is 0.0717. The average Bonchev–Trinajstić information content (AvgIpc) is 3.54. The van der Waals surface area contributed by atoms with Crippen molar-refractivity contribution < 1.29 is 27.5 Å². The van der Waals surface area contributed by atoms with Crippen molar-refractivity contribution in [1.29, 1.82) is 0 Å². The highest BCUT2D eigenvalue weighted by Gasteiger charge is 2.51. The SMILES string of the molecule is NC(=O)C1(c2cc(Oc3cc(F)c(NC(=O)Cc4coc5ccccc45)cc3F)ccn2)CC1. The van der Waals surface area contributed by atoms with E-state index in [0.29, 0.717) is 29.7 Å². The molecule has 4 aromatic rings. The van der Waals surface area contributed by atoms with E-state index < -0.39 is 28.9 Å². The summed E-state index contributed by atoms with van der Waals surface area (Å²) < 4.78 is 40.2. The first-order chi connectivity index (χ1) is 16.4. The van der Waals surface area contributed by atoms with Crippen molar-refractivity contribution in [2.45, 2.75) is 24.7 Å². The lowest BCUT2D eigenvalue weighted by Crippen LogP contribution is -2.29. The number of hydrogen-bond donors (Lipinski definition) is 2. The van der Waals surface area contributed by atoms with Crippen LogP contribution in [0.2, 0.25) is 0 Å². The maximum absolute atomic E-state index is 14.7. The molecule has 1 aliphatic rings. The van der Waals surface area contributed by atoms with Crippen molar-refractivity contribution in [3.8, 4) is 11.5 Å². The van der Waals surface area contributed by atoms with Crippen LogP contribution in [0, 0.1) is 11.6 Å². The number of carbonyl (C=O) groups excluding carboxylic acids is 2. The van der Waals surface area contributed by atoms with E-state index in [4.69, 9.17) is 14.9 Å². The molecule has 5 rings (SSSR count). The number of fused-ring (bicyclic) bond motifs is 1. The Kier molecular flexibility index (Phi) is 5.24. The Morgan fingerprint density at radius 1 is 1.12 bits per heavy atom. The van der Waals surface area contributed by atoms with Gasteiger partial charge in [-0.05, 0) is 25.0 Å². The Labute approximate surface area is 192 Å². The van der Waals surface area contributed by atoms with Crippen LogP contribution in [-0.2, 0) is 21.4 Å². The van der Waals surface area contributed by atoms with E-state index >= 15 is 0 Å². The molecule has 1 aliphatic carbocycles. The molecule has 2 aromatic carbocycles. The number of ether oxygens (including phenoxy) is 1. The molecule has 172 valence electrons. The fourth-order valence-electron chi connectivity index (χ4n) is 3.86. The first-order valence-electron chi connectivity index (χ1n) is 10.5. The third-order valence-corrected chi connectivity index (χ3v) is 5.88. The maximum atomic E-state index is 14.7. The number of aromatic nitrogens is 1. The van der Waals surface area contributed by atoms with Gasteiger partial charge < -0.3 is 20.2 Å². The van der Waals surface area contributed by atoms with E-state index in [1.165, 1.54) is 24.6 Å². The Morgan fingerprint density at radius 2 is 1.91 bits per heavy atom. The zero-order valence-electron chi connectivity index (χ0n) is 17.8. The minimum Gasteiger partial charge on any atom is -0.464 e. The van der Waals surface area contributed by atoms with Crippen LogP contribution in [0.5, 0.6) is 11.5 Å². The molecule has 1 fully saturated rings. The monoisotopic (exact) mass is 463 g/mol. The summed E-state index contributed by atoms with van der Waals surface area (Å²) in [5.41, 5.74) is 6.00. The number of amides is 2. The third-order valence-electron chi connectivity index (χ3n) is 5.88. The number of furan rings is 1. The van der Waals surface area contributed by atoms with Crippen molar-refractivity contribution >= 4 is 28.5 Å². The van der Waals surface area contributed by atoms with Gasteiger partial charge in [0.05, 0.1) is 29.5 Å². The van der Waals surface area contributed by atoms with Crippen LogP contribution in [0.25, 0.3) is 11.0 Å². The highest BCUT2D eigenvalue weighted by atomic mass is 19.1. The minimum atomic E-state index is -0.875. The van der Waals surface area contributed by atoms with Gasteiger partial charge in [0.1, 0.15) is 11.3 Å². The van der Waals surface area contributed by atoms with Gasteiger partial charge in [0.2, 0.25) is 11.8 Å². The molecule has 1 saturated carbocycles. The lowest BCUT2D eigenvalue weighted by atomic mass is 10.0. The number of nitrogens with zero attached hydrogens (tertiary/aromatic N) is 1. The summed E-state index contributed by atoms with van der Waals surface area (Å²) in [4.78, 5) is 28.3. The van der Waals surface area contributed by atoms with Crippen LogP contribution in [0.15, 0.2) is 65.4 Å². The first-order valence-corrected chi connectivity index (χ1v) is 10.5. The summed E-state index contributed by atoms with van der Waals surface area (Å²) >= 11 is 0. The second kappa shape index (κ2) is 8.26. The smallest absolute Gasteiger partial charge is 0.229 e. The molecule has 2 heterocycles. The Bertz CT molecular complexity index is 1430. The average molecular weight is 463 g/mol. The van der Waals surface area contributed by atoms with Crippen molar-refractivity contribution in [1.82, 2.24) is 4.98 Å². The molecule has 2 amide bonds. The summed E-state index contributed by atoms with van der Waals surface area (Å²) in [6.45, 7) is 0. The van der Waals surface area contributed by atoms with Gasteiger partial charge in [0.15, 0.2) is 17.4 Å². The zero-order valence-corrected chi connectivity index (χ0v) is 17.8. The highest BCUT2D eigenvalue weighted by molar-refractivity contribution is 5.95. The van der Waals surface area contributed by atoms with Crippen molar-refractivity contribution in [3.05, 3.63) is 83.9 Å². The molecule has 0 spiro atoms. The molecular formula is C25H19F2N3O4. The number of primary amides is 1. The van der Waals surface area contributed by atoms with Gasteiger partial charge in [-0.2, -0.15) is 0 Å². The predicted octanol–water partition coefficient (Wildman–Crippen LogP) is 4.60. The largest absolute Gasteiger partial charge is 0.464 e. The molecule has 34 heavy (non-hydrogen) atoms. The van der Waals surface area contributed by atoms with Crippen LogP contribution in [0.4, 0.5) is 14.5 Å². The summed E-state index contributed by atoms with van der Waals surface area (Å²) in [6, 6.07) is 11.9. The zero-order chi connectivity index (χ0) is 23.9. The molecule has 0 unspecified atom stereocenters. The van der Waals surface area contributed by atoms with Crippen LogP contribution in [0.1, 0.15) is 24.1 Å². The van der Waals surface area contributed by atoms with Gasteiger partial charge in [0, 0.05) is 35.3 Å². The number of halogens is 2. The topological polar surface area (TPSA) is 107 Å². The van der Waals surface area contributed by atoms with Crippen LogP contribution in [0.3, 0.4) is 0 Å². The number of carbonyl (C=O) groups is 2. The van der Waals surface area contributed by atoms with Crippen LogP contribution < -0.4 is 15.8 Å². The standard InChI is InChI=1S/C25H19F2N3O4/c26-17-12-21(34-15-5-8-29-22(10-15)25(6-7-25)24(28)32)18(27)11-19(17)30-23(31)9-14-13-33-20-4-2-1-3-16(14)20/h1-5,8,10-13H,6-7,9H2,(H2,28,32)(H,30,31). The summed E-state index contributed by atoms with van der Waals surface area (Å²) in [5.74, 6) is -2.96. The second-order valence-electron chi connectivity index (χ2n) is 8.17. The fraction of sp³-hybridized carbons (Fsp3) is 0.160. The number of anilines is 1. The number of nitrogens with two attached hydrogens (primary N) is 1. The molecule has 0 bridgehead atoms. The van der Waals surface area contributed by atoms with E-state index in [1.807, 2.05) is 18.2 Å². The molecule has 2 aromatic heterocycles. The molecule has 0 radical (unpaired) electrons. The normalized spacial score (nSPS) is 14.1. The summed E-state index contributed by atoms with van der Waals surface area (Å²) in [5, 5.41) is 3.15. The van der Waals surface area contributed by atoms with Crippen LogP contribution in [-0.4, -0.2) is 16.8 Å². The number of para-hydroxylation sites is 1. The lowest BCUT2D eigenvalue weighted by Gasteiger charge is -2.13. The van der Waals surface area contributed by atoms with Gasteiger partial charge in [-0.3, -0.25) is 14.6 Å². The summed E-state index contributed by atoms with van der Waals surface area (Å²) in [7, 11) is 0. The maximum Gasteiger partial charge on any atom is 0.229 e. The number of rotatable bonds is 7. The molecule has 0 aliphatic heterocycles. The molecule has 3 N–H and O–H groups in total. The van der Waals surface area contributed by atoms with Gasteiger partial charge in [-0.25, -0.2) is 8.78 Å². The fourth-order valence-corrected chi connectivity index (χ4v) is 3.86. The quantitative estimate of drug-likeness (QED) is 0.417. The lowest BCUT2D eigenvalue weighted by molar-refractivity contribution is -0.120. The predicted molar refractivity (Wildman–Crippen MR) is 119 cm³/mol. The molecule has 9 heteroatoms. The van der Waals surface area contributed by atoms with E-state index in [2.05, 4.69) is 10.3 Å². The van der Waals surface area contributed by atoms with E-state index in [1.54, 1.807) is 6.07 Å². The highest BCUT2D eigenvalue weighted by Crippen LogP contribution is 2.47. The number of hydrogen-bond acceptors (Lipinski definition) is 5. The Balaban J connectivity index is 1.31. The Hall–Kier alpha value is -4.27. The van der Waals surface area contributed by atoms with E-state index in [-0.39, 0.29) is 23.6 Å². The summed E-state index contributed by atoms with van der Waals surface area (Å²) in [6.07, 6.45) is 3.95. The van der Waals surface area contributed by atoms with Crippen molar-refractivity contribution in [2.75, 3.05) is 5.32 Å². The van der Waals surface area contributed by atoms with Gasteiger partial charge in [-0.15, -0.1) is 0 Å². The first kappa shape index (κ1) is 21.6. The van der Waals surface area contributed by atoms with Crippen molar-refractivity contribution in [2.24, 2.45) is 5.73 Å². The third kappa shape index (κ3) is 3.96. The Morgan fingerprint density at radius 3 is 2.68 bits per heavy atom. The second-order valence-corrected chi connectivity index (χ2v) is 8.17. The molecule has 0 saturated heterocycles. The van der Waals surface area contributed by atoms with Crippen molar-refractivity contribution in [3.63, 3.8) is 0 Å². The molecule has 0 atom stereocenters. The molecule has 7 nitrogen and oxygen atoms in total. The molecular weight excluding hydrogens is 444 g/mol. The van der Waals surface area contributed by atoms with Gasteiger partial charge in [-0.1, -0.05) is 18.2 Å².